The second-order valence-electron chi connectivity index (χ2n) is 1.54. The Morgan fingerprint density at radius 2 is 2.38 bits per heavy atom. The summed E-state index contributed by atoms with van der Waals surface area (Å²) in [5.41, 5.74) is 0. The SMILES string of the molecule is CCCCN=CC=O. The largest absolute Gasteiger partial charge is 0.297 e. The van der Waals surface area contributed by atoms with Crippen molar-refractivity contribution >= 4 is 12.5 Å². The molecule has 0 saturated carbocycles. The summed E-state index contributed by atoms with van der Waals surface area (Å²) < 4.78 is 0. The van der Waals surface area contributed by atoms with Gasteiger partial charge in [0.15, 0.2) is 6.29 Å². The van der Waals surface area contributed by atoms with E-state index in [4.69, 9.17) is 0 Å². The van der Waals surface area contributed by atoms with E-state index >= 15 is 0 Å². The van der Waals surface area contributed by atoms with Crippen LogP contribution in [0.2, 0.25) is 0 Å². The van der Waals surface area contributed by atoms with Crippen molar-refractivity contribution in [3.8, 4) is 0 Å². The molecule has 0 spiro atoms. The zero-order chi connectivity index (χ0) is 6.24. The first-order valence-corrected chi connectivity index (χ1v) is 2.85. The van der Waals surface area contributed by atoms with Gasteiger partial charge in [-0.2, -0.15) is 0 Å². The van der Waals surface area contributed by atoms with Crippen LogP contribution >= 0.6 is 0 Å². The van der Waals surface area contributed by atoms with Crippen molar-refractivity contribution in [2.75, 3.05) is 6.54 Å². The molecule has 0 atom stereocenters. The van der Waals surface area contributed by atoms with E-state index in [1.54, 1.807) is 0 Å². The van der Waals surface area contributed by atoms with Crippen molar-refractivity contribution in [1.82, 2.24) is 0 Å². The molecule has 0 amide bonds. The number of nitrogens with zero attached hydrogens (tertiary/aromatic N) is 1. The Balaban J connectivity index is 2.91. The Morgan fingerprint density at radius 1 is 1.62 bits per heavy atom. The molecule has 2 heteroatoms. The second kappa shape index (κ2) is 6.34. The molecule has 0 aliphatic carbocycles. The monoisotopic (exact) mass is 113 g/mol. The van der Waals surface area contributed by atoms with Gasteiger partial charge in [-0.15, -0.1) is 0 Å². The number of unbranched alkanes of at least 4 members (excludes halogenated alkanes) is 1. The normalized spacial score (nSPS) is 10.1. The molecule has 0 rings (SSSR count). The van der Waals surface area contributed by atoms with Crippen LogP contribution in [0.25, 0.3) is 0 Å². The van der Waals surface area contributed by atoms with Gasteiger partial charge >= 0.3 is 0 Å². The molecule has 46 valence electrons. The molecule has 2 nitrogen and oxygen atoms in total. The van der Waals surface area contributed by atoms with E-state index in [9.17, 15) is 4.79 Å². The summed E-state index contributed by atoms with van der Waals surface area (Å²) in [6, 6.07) is 0. The number of carbonyl (C=O) groups excluding carboxylic acids is 1. The number of hydrogen-bond donors (Lipinski definition) is 0. The number of hydrogen-bond acceptors (Lipinski definition) is 2. The van der Waals surface area contributed by atoms with Gasteiger partial charge in [-0.25, -0.2) is 0 Å². The van der Waals surface area contributed by atoms with Crippen LogP contribution < -0.4 is 0 Å². The third-order valence-electron chi connectivity index (χ3n) is 0.807. The van der Waals surface area contributed by atoms with E-state index in [-0.39, 0.29) is 0 Å². The zero-order valence-corrected chi connectivity index (χ0v) is 5.13. The lowest BCUT2D eigenvalue weighted by atomic mass is 10.3. The van der Waals surface area contributed by atoms with E-state index in [2.05, 4.69) is 11.9 Å². The molecule has 0 aliphatic rings. The summed E-state index contributed by atoms with van der Waals surface area (Å²) in [5.74, 6) is 0. The van der Waals surface area contributed by atoms with Crippen LogP contribution in [-0.4, -0.2) is 19.0 Å². The Bertz CT molecular complexity index is 78.6. The Hall–Kier alpha value is -0.660. The lowest BCUT2D eigenvalue weighted by Crippen LogP contribution is -1.80. The summed E-state index contributed by atoms with van der Waals surface area (Å²) in [7, 11) is 0. The summed E-state index contributed by atoms with van der Waals surface area (Å²) >= 11 is 0. The van der Waals surface area contributed by atoms with E-state index in [0.29, 0.717) is 6.29 Å². The predicted molar refractivity (Wildman–Crippen MR) is 34.3 cm³/mol. The van der Waals surface area contributed by atoms with E-state index in [0.717, 1.165) is 19.4 Å². The van der Waals surface area contributed by atoms with Crippen molar-refractivity contribution in [1.29, 1.82) is 0 Å². The predicted octanol–water partition coefficient (Wildman–Crippen LogP) is 1.06. The lowest BCUT2D eigenvalue weighted by Gasteiger charge is -1.84. The number of aldehydes is 1. The van der Waals surface area contributed by atoms with Crippen molar-refractivity contribution < 1.29 is 4.79 Å². The molecule has 0 aromatic heterocycles. The average molecular weight is 113 g/mol. The van der Waals surface area contributed by atoms with Crippen LogP contribution in [0.5, 0.6) is 0 Å². The third kappa shape index (κ3) is 5.34. The van der Waals surface area contributed by atoms with Gasteiger partial charge < -0.3 is 0 Å². The molecule has 8 heavy (non-hydrogen) atoms. The Labute approximate surface area is 49.6 Å². The molecule has 0 fully saturated rings. The molecule has 0 aromatic carbocycles. The number of rotatable bonds is 4. The minimum Gasteiger partial charge on any atom is -0.297 e. The van der Waals surface area contributed by atoms with Crippen molar-refractivity contribution in [3.05, 3.63) is 0 Å². The van der Waals surface area contributed by atoms with Gasteiger partial charge in [0.05, 0.1) is 6.21 Å². The summed E-state index contributed by atoms with van der Waals surface area (Å²) in [5, 5.41) is 0. The number of aliphatic imine (C=N–C) groups is 1. The maximum absolute atomic E-state index is 9.62. The lowest BCUT2D eigenvalue weighted by molar-refractivity contribution is -0.102. The molecular formula is C6H11NO. The van der Waals surface area contributed by atoms with Crippen LogP contribution in [0.1, 0.15) is 19.8 Å². The molecule has 0 heterocycles. The van der Waals surface area contributed by atoms with Crippen LogP contribution in [0, 0.1) is 0 Å². The van der Waals surface area contributed by atoms with Gasteiger partial charge in [0, 0.05) is 6.54 Å². The van der Waals surface area contributed by atoms with E-state index < -0.39 is 0 Å². The molecule has 0 radical (unpaired) electrons. The highest BCUT2D eigenvalue weighted by molar-refractivity contribution is 6.12. The smallest absolute Gasteiger partial charge is 0.160 e. The van der Waals surface area contributed by atoms with E-state index in [1.807, 2.05) is 0 Å². The van der Waals surface area contributed by atoms with Gasteiger partial charge in [0.2, 0.25) is 0 Å². The van der Waals surface area contributed by atoms with Crippen LogP contribution in [0.3, 0.4) is 0 Å². The van der Waals surface area contributed by atoms with Gasteiger partial charge in [-0.1, -0.05) is 13.3 Å². The van der Waals surface area contributed by atoms with Crippen LogP contribution in [0.15, 0.2) is 4.99 Å². The number of carbonyl (C=O) groups is 1. The fourth-order valence-corrected chi connectivity index (χ4v) is 0.367. The fourth-order valence-electron chi connectivity index (χ4n) is 0.367. The second-order valence-corrected chi connectivity index (χ2v) is 1.54. The summed E-state index contributed by atoms with van der Waals surface area (Å²) in [4.78, 5) is 13.4. The summed E-state index contributed by atoms with van der Waals surface area (Å²) in [6.45, 7) is 2.88. The van der Waals surface area contributed by atoms with Crippen LogP contribution in [0.4, 0.5) is 0 Å². The zero-order valence-electron chi connectivity index (χ0n) is 5.13. The van der Waals surface area contributed by atoms with Crippen LogP contribution in [-0.2, 0) is 4.79 Å². The van der Waals surface area contributed by atoms with Gasteiger partial charge in [0.25, 0.3) is 0 Å². The van der Waals surface area contributed by atoms with Crippen molar-refractivity contribution in [3.63, 3.8) is 0 Å². The summed E-state index contributed by atoms with van der Waals surface area (Å²) in [6.07, 6.45) is 4.21. The Kier molecular flexibility index (Phi) is 5.82. The molecule has 0 aromatic rings. The first kappa shape index (κ1) is 7.34. The molecule has 0 N–H and O–H groups in total. The molecule has 0 bridgehead atoms. The topological polar surface area (TPSA) is 29.4 Å². The Morgan fingerprint density at radius 3 is 2.88 bits per heavy atom. The first-order chi connectivity index (χ1) is 3.91. The fraction of sp³-hybridized carbons (Fsp3) is 0.667. The van der Waals surface area contributed by atoms with E-state index in [1.165, 1.54) is 6.21 Å². The third-order valence-corrected chi connectivity index (χ3v) is 0.807. The minimum atomic E-state index is 0.704. The maximum Gasteiger partial charge on any atom is 0.160 e. The average Bonchev–Trinajstić information content (AvgIpc) is 1.81. The quantitative estimate of drug-likeness (QED) is 0.304. The highest BCUT2D eigenvalue weighted by atomic mass is 16.1. The highest BCUT2D eigenvalue weighted by Gasteiger charge is 1.74. The highest BCUT2D eigenvalue weighted by Crippen LogP contribution is 1.84. The minimum absolute atomic E-state index is 0.704. The van der Waals surface area contributed by atoms with Gasteiger partial charge in [0.1, 0.15) is 0 Å². The van der Waals surface area contributed by atoms with Gasteiger partial charge in [-0.05, 0) is 6.42 Å². The standard InChI is InChI=1S/C6H11NO/c1-2-3-4-7-5-6-8/h5-6H,2-4H2,1H3. The van der Waals surface area contributed by atoms with Gasteiger partial charge in [-0.3, -0.25) is 9.79 Å². The first-order valence-electron chi connectivity index (χ1n) is 2.85. The van der Waals surface area contributed by atoms with Crippen molar-refractivity contribution in [2.45, 2.75) is 19.8 Å². The van der Waals surface area contributed by atoms with Crippen molar-refractivity contribution in [2.24, 2.45) is 4.99 Å². The molecule has 0 unspecified atom stereocenters. The molecule has 0 aliphatic heterocycles. The maximum atomic E-state index is 9.62. The molecule has 0 saturated heterocycles. The molecular weight excluding hydrogens is 102 g/mol.